The van der Waals surface area contributed by atoms with E-state index in [1.165, 1.54) is 6.92 Å². The van der Waals surface area contributed by atoms with Gasteiger partial charge in [-0.15, -0.1) is 11.8 Å². The molecule has 0 bridgehead atoms. The fraction of sp³-hybridized carbons (Fsp3) is 0.500. The first-order valence-corrected chi connectivity index (χ1v) is 8.94. The smallest absolute Gasteiger partial charge is 0.240 e. The number of rotatable bonds is 6. The average molecular weight is 341 g/mol. The lowest BCUT2D eigenvalue weighted by Gasteiger charge is -2.32. The number of amides is 2. The Labute approximate surface area is 140 Å². The van der Waals surface area contributed by atoms with E-state index in [9.17, 15) is 9.59 Å². The van der Waals surface area contributed by atoms with Gasteiger partial charge in [-0.25, -0.2) is 0 Å². The van der Waals surface area contributed by atoms with Crippen molar-refractivity contribution in [1.29, 1.82) is 0 Å². The maximum absolute atomic E-state index is 12.6. The number of piperidine rings is 1. The molecule has 0 saturated carbocycles. The van der Waals surface area contributed by atoms with E-state index in [1.54, 1.807) is 16.7 Å². The molecule has 1 aromatic rings. The molecular formula is C16H21ClN2O2S. The second-order valence-electron chi connectivity index (χ2n) is 5.28. The van der Waals surface area contributed by atoms with Crippen molar-refractivity contribution in [3.8, 4) is 0 Å². The van der Waals surface area contributed by atoms with Crippen LogP contribution in [0.2, 0.25) is 5.02 Å². The van der Waals surface area contributed by atoms with Gasteiger partial charge in [0, 0.05) is 20.0 Å². The second-order valence-corrected chi connectivity index (χ2v) is 7.00. The van der Waals surface area contributed by atoms with Crippen LogP contribution in [0.25, 0.3) is 0 Å². The summed E-state index contributed by atoms with van der Waals surface area (Å²) in [6, 6.07) is 7.48. The summed E-state index contributed by atoms with van der Waals surface area (Å²) in [5.74, 6) is 1.00. The number of hydrogen-bond donors (Lipinski definition) is 1. The molecule has 1 aliphatic rings. The molecule has 1 atom stereocenters. The Balaban J connectivity index is 1.88. The maximum atomic E-state index is 12.6. The van der Waals surface area contributed by atoms with E-state index < -0.39 is 0 Å². The van der Waals surface area contributed by atoms with Gasteiger partial charge in [-0.05, 0) is 37.1 Å². The molecule has 1 heterocycles. The standard InChI is InChI=1S/C16H21ClN2O2S/c1-12(20)18-9-5-11-22-15-8-4-10-19(16(15)21)14-7-3-2-6-13(14)17/h2-3,6-7,15H,4-5,8-11H2,1H3,(H,18,20). The molecule has 1 fully saturated rings. The van der Waals surface area contributed by atoms with Crippen LogP contribution < -0.4 is 10.2 Å². The Hall–Kier alpha value is -1.20. The highest BCUT2D eigenvalue weighted by molar-refractivity contribution is 8.00. The van der Waals surface area contributed by atoms with E-state index in [1.807, 2.05) is 24.3 Å². The van der Waals surface area contributed by atoms with Gasteiger partial charge < -0.3 is 10.2 Å². The first-order valence-electron chi connectivity index (χ1n) is 7.51. The third kappa shape index (κ3) is 4.65. The molecule has 0 spiro atoms. The zero-order valence-electron chi connectivity index (χ0n) is 12.7. The normalized spacial score (nSPS) is 18.4. The number of carbonyl (C=O) groups excluding carboxylic acids is 2. The number of carbonyl (C=O) groups is 2. The summed E-state index contributed by atoms with van der Waals surface area (Å²) in [7, 11) is 0. The van der Waals surface area contributed by atoms with Crippen LogP contribution in [-0.4, -0.2) is 35.9 Å². The lowest BCUT2D eigenvalue weighted by Crippen LogP contribution is -2.43. The van der Waals surface area contributed by atoms with Gasteiger partial charge >= 0.3 is 0 Å². The monoisotopic (exact) mass is 340 g/mol. The average Bonchev–Trinajstić information content (AvgIpc) is 2.49. The molecule has 6 heteroatoms. The van der Waals surface area contributed by atoms with Gasteiger partial charge in [-0.1, -0.05) is 23.7 Å². The van der Waals surface area contributed by atoms with Crippen LogP contribution in [0.15, 0.2) is 24.3 Å². The van der Waals surface area contributed by atoms with E-state index in [-0.39, 0.29) is 17.1 Å². The Bertz CT molecular complexity index is 539. The van der Waals surface area contributed by atoms with Crippen LogP contribution >= 0.6 is 23.4 Å². The summed E-state index contributed by atoms with van der Waals surface area (Å²) >= 11 is 7.88. The molecule has 1 unspecified atom stereocenters. The minimum absolute atomic E-state index is 0.0105. The number of thioether (sulfide) groups is 1. The van der Waals surface area contributed by atoms with Crippen LogP contribution in [0.5, 0.6) is 0 Å². The Kier molecular flexibility index (Phi) is 6.58. The molecule has 120 valence electrons. The van der Waals surface area contributed by atoms with Crippen LogP contribution in [0, 0.1) is 0 Å². The van der Waals surface area contributed by atoms with Crippen molar-refractivity contribution in [2.45, 2.75) is 31.4 Å². The van der Waals surface area contributed by atoms with E-state index >= 15 is 0 Å². The summed E-state index contributed by atoms with van der Waals surface area (Å²) in [4.78, 5) is 25.2. The van der Waals surface area contributed by atoms with Gasteiger partial charge in [0.05, 0.1) is 16.0 Å². The van der Waals surface area contributed by atoms with Crippen LogP contribution in [0.4, 0.5) is 5.69 Å². The van der Waals surface area contributed by atoms with Gasteiger partial charge in [0.15, 0.2) is 0 Å². The molecule has 1 saturated heterocycles. The van der Waals surface area contributed by atoms with Crippen molar-refractivity contribution in [3.05, 3.63) is 29.3 Å². The summed E-state index contributed by atoms with van der Waals surface area (Å²) in [6.07, 6.45) is 2.77. The number of nitrogens with one attached hydrogen (secondary N) is 1. The van der Waals surface area contributed by atoms with E-state index in [4.69, 9.17) is 11.6 Å². The fourth-order valence-corrected chi connectivity index (χ4v) is 3.91. The van der Waals surface area contributed by atoms with Gasteiger partial charge in [0.1, 0.15) is 0 Å². The minimum Gasteiger partial charge on any atom is -0.356 e. The molecule has 1 aromatic carbocycles. The summed E-state index contributed by atoms with van der Waals surface area (Å²) in [6.45, 7) is 2.91. The van der Waals surface area contributed by atoms with E-state index in [2.05, 4.69) is 5.32 Å². The van der Waals surface area contributed by atoms with Gasteiger partial charge in [-0.2, -0.15) is 0 Å². The molecule has 1 N–H and O–H groups in total. The first-order chi connectivity index (χ1) is 10.6. The first kappa shape index (κ1) is 17.2. The predicted octanol–water partition coefficient (Wildman–Crippen LogP) is 3.09. The van der Waals surface area contributed by atoms with E-state index in [0.29, 0.717) is 11.6 Å². The Morgan fingerprint density at radius 1 is 1.45 bits per heavy atom. The van der Waals surface area contributed by atoms with Crippen molar-refractivity contribution in [3.63, 3.8) is 0 Å². The maximum Gasteiger partial charge on any atom is 0.240 e. The quantitative estimate of drug-likeness (QED) is 0.809. The predicted molar refractivity (Wildman–Crippen MR) is 92.6 cm³/mol. The number of nitrogens with zero attached hydrogens (tertiary/aromatic N) is 1. The third-order valence-electron chi connectivity index (χ3n) is 3.55. The second kappa shape index (κ2) is 8.44. The lowest BCUT2D eigenvalue weighted by atomic mass is 10.1. The number of benzene rings is 1. The lowest BCUT2D eigenvalue weighted by molar-refractivity contribution is -0.119. The summed E-state index contributed by atoms with van der Waals surface area (Å²) in [5.41, 5.74) is 0.803. The number of hydrogen-bond acceptors (Lipinski definition) is 3. The summed E-state index contributed by atoms with van der Waals surface area (Å²) in [5, 5.41) is 3.38. The molecule has 0 aromatic heterocycles. The van der Waals surface area contributed by atoms with Gasteiger partial charge in [-0.3, -0.25) is 9.59 Å². The fourth-order valence-electron chi connectivity index (χ4n) is 2.47. The van der Waals surface area contributed by atoms with Crippen molar-refractivity contribution < 1.29 is 9.59 Å². The van der Waals surface area contributed by atoms with Gasteiger partial charge in [0.25, 0.3) is 0 Å². The SMILES string of the molecule is CC(=O)NCCCSC1CCCN(c2ccccc2Cl)C1=O. The molecule has 0 radical (unpaired) electrons. The molecular weight excluding hydrogens is 320 g/mol. The number of para-hydroxylation sites is 1. The Morgan fingerprint density at radius 3 is 2.95 bits per heavy atom. The molecule has 22 heavy (non-hydrogen) atoms. The highest BCUT2D eigenvalue weighted by Crippen LogP contribution is 2.32. The molecule has 2 rings (SSSR count). The van der Waals surface area contributed by atoms with E-state index in [0.717, 1.165) is 37.2 Å². The molecule has 4 nitrogen and oxygen atoms in total. The zero-order chi connectivity index (χ0) is 15.9. The van der Waals surface area contributed by atoms with Crippen molar-refractivity contribution >= 4 is 40.9 Å². The molecule has 2 amide bonds. The van der Waals surface area contributed by atoms with Crippen LogP contribution in [0.3, 0.4) is 0 Å². The summed E-state index contributed by atoms with van der Waals surface area (Å²) < 4.78 is 0. The van der Waals surface area contributed by atoms with Crippen LogP contribution in [-0.2, 0) is 9.59 Å². The number of halogens is 1. The molecule has 0 aliphatic carbocycles. The third-order valence-corrected chi connectivity index (χ3v) is 5.23. The van der Waals surface area contributed by atoms with Crippen molar-refractivity contribution in [2.75, 3.05) is 23.7 Å². The van der Waals surface area contributed by atoms with Crippen molar-refractivity contribution in [1.82, 2.24) is 5.32 Å². The largest absolute Gasteiger partial charge is 0.356 e. The van der Waals surface area contributed by atoms with Crippen LogP contribution in [0.1, 0.15) is 26.2 Å². The topological polar surface area (TPSA) is 49.4 Å². The highest BCUT2D eigenvalue weighted by atomic mass is 35.5. The Morgan fingerprint density at radius 2 is 2.23 bits per heavy atom. The van der Waals surface area contributed by atoms with Crippen molar-refractivity contribution in [2.24, 2.45) is 0 Å². The number of anilines is 1. The highest BCUT2D eigenvalue weighted by Gasteiger charge is 2.30. The minimum atomic E-state index is -0.0117. The molecule has 1 aliphatic heterocycles. The van der Waals surface area contributed by atoms with Gasteiger partial charge in [0.2, 0.25) is 11.8 Å². The zero-order valence-corrected chi connectivity index (χ0v) is 14.3.